The number of carboxylic acid groups (broad SMARTS) is 2. The van der Waals surface area contributed by atoms with Crippen LogP contribution >= 0.6 is 0 Å². The highest BCUT2D eigenvalue weighted by molar-refractivity contribution is 5.95. The molecule has 5 heterocycles. The predicted octanol–water partition coefficient (Wildman–Crippen LogP) is 7.04. The van der Waals surface area contributed by atoms with Crippen LogP contribution in [0, 0.1) is 13.8 Å². The number of carboxylic acids is 2. The Balaban J connectivity index is 1.93. The minimum atomic E-state index is -0.875. The lowest BCUT2D eigenvalue weighted by Crippen LogP contribution is -1.98. The van der Waals surface area contributed by atoms with Gasteiger partial charge in [-0.15, -0.1) is 0 Å². The van der Waals surface area contributed by atoms with Crippen LogP contribution in [0.4, 0.5) is 0 Å². The molecule has 8 bridgehead atoms. The zero-order chi connectivity index (χ0) is 30.3. The fourth-order valence-electron chi connectivity index (χ4n) is 6.05. The van der Waals surface area contributed by atoms with Crippen LogP contribution in [0.15, 0.2) is 18.2 Å². The molecule has 5 rings (SSSR count). The molecule has 2 aliphatic rings. The first-order chi connectivity index (χ1) is 20.0. The zero-order valence-electron chi connectivity index (χ0n) is 25.0. The molecule has 2 aliphatic heterocycles. The highest BCUT2D eigenvalue weighted by atomic mass is 16.4. The van der Waals surface area contributed by atoms with Crippen molar-refractivity contribution in [1.29, 1.82) is 0 Å². The number of allylic oxidation sites excluding steroid dienone is 4. The van der Waals surface area contributed by atoms with Gasteiger partial charge in [0.25, 0.3) is 0 Å². The first kappa shape index (κ1) is 29.0. The summed E-state index contributed by atoms with van der Waals surface area (Å²) in [5.74, 6) is -1.07. The van der Waals surface area contributed by atoms with Crippen molar-refractivity contribution < 1.29 is 19.8 Å². The van der Waals surface area contributed by atoms with Crippen LogP contribution in [-0.2, 0) is 22.4 Å². The third-order valence-corrected chi connectivity index (χ3v) is 8.49. The summed E-state index contributed by atoms with van der Waals surface area (Å²) < 4.78 is 0. The van der Waals surface area contributed by atoms with Crippen LogP contribution in [0.5, 0.6) is 0 Å². The van der Waals surface area contributed by atoms with E-state index in [1.807, 2.05) is 32.9 Å². The average Bonchev–Trinajstić information content (AvgIpc) is 3.59. The third kappa shape index (κ3) is 5.26. The maximum atomic E-state index is 11.5. The van der Waals surface area contributed by atoms with E-state index in [0.717, 1.165) is 91.0 Å². The number of hydrogen-bond donors (Lipinski definition) is 4. The number of fused-ring (bicyclic) bond motifs is 8. The number of carbonyl (C=O) groups is 2. The number of nitrogens with zero attached hydrogens (tertiary/aromatic N) is 3. The van der Waals surface area contributed by atoms with Crippen molar-refractivity contribution in [3.8, 4) is 0 Å². The summed E-state index contributed by atoms with van der Waals surface area (Å²) in [6.07, 6.45) is 2.25. The van der Waals surface area contributed by atoms with E-state index in [1.165, 1.54) is 0 Å². The first-order valence-corrected chi connectivity index (χ1v) is 14.5. The van der Waals surface area contributed by atoms with E-state index in [2.05, 4.69) is 36.8 Å². The van der Waals surface area contributed by atoms with Gasteiger partial charge in [-0.25, -0.2) is 15.0 Å². The molecule has 0 atom stereocenters. The van der Waals surface area contributed by atoms with Gasteiger partial charge in [-0.05, 0) is 116 Å². The van der Waals surface area contributed by atoms with Gasteiger partial charge in [0.1, 0.15) is 5.65 Å². The van der Waals surface area contributed by atoms with Crippen LogP contribution in [0.3, 0.4) is 0 Å². The van der Waals surface area contributed by atoms with Crippen molar-refractivity contribution in [2.75, 3.05) is 0 Å². The number of aromatic amines is 2. The van der Waals surface area contributed by atoms with Gasteiger partial charge >= 0.3 is 11.9 Å². The standard InChI is InChI=1S/C33H37N5O4/c1-7-20-18(5)32-36-26(20)13-24-16(3)22(9-11-30(39)40)28(34-24)15-29-23(10-12-31(41)42)17(4)25(35-29)14-27-21(8-2)19(6)33(37-27)38-32/h13-15,34H,7-12H2,1-6H3,(H,39,40)(H,41,42)(H,36,37,38). The van der Waals surface area contributed by atoms with Gasteiger partial charge in [0.2, 0.25) is 0 Å². The van der Waals surface area contributed by atoms with Gasteiger partial charge in [-0.1, -0.05) is 13.8 Å². The Morgan fingerprint density at radius 3 is 2.00 bits per heavy atom. The SMILES string of the molecule is CCC1=C(C)c2nc1cc1nc(cc3[nH]c(cc4[nH]c(n2)c(C)c4CC)c(C)c3CCC(=O)O)C(CCC(=O)O)=C1C. The molecule has 0 saturated heterocycles. The smallest absolute Gasteiger partial charge is 0.303 e. The Hall–Kier alpha value is -4.53. The van der Waals surface area contributed by atoms with Crippen molar-refractivity contribution >= 4 is 56.4 Å². The molecule has 0 radical (unpaired) electrons. The molecule has 0 aromatic carbocycles. The van der Waals surface area contributed by atoms with E-state index < -0.39 is 11.9 Å². The second-order valence-electron chi connectivity index (χ2n) is 11.0. The molecule has 0 amide bonds. The summed E-state index contributed by atoms with van der Waals surface area (Å²) in [6, 6.07) is 5.98. The molecule has 3 aromatic heterocycles. The molecule has 3 aromatic rings. The summed E-state index contributed by atoms with van der Waals surface area (Å²) in [4.78, 5) is 45.0. The second-order valence-corrected chi connectivity index (χ2v) is 11.0. The minimum Gasteiger partial charge on any atom is -0.481 e. The molecule has 42 heavy (non-hydrogen) atoms. The molecule has 0 saturated carbocycles. The van der Waals surface area contributed by atoms with Gasteiger partial charge in [-0.3, -0.25) is 9.59 Å². The van der Waals surface area contributed by atoms with E-state index in [1.54, 1.807) is 0 Å². The fourth-order valence-corrected chi connectivity index (χ4v) is 6.05. The highest BCUT2D eigenvalue weighted by Gasteiger charge is 2.22. The van der Waals surface area contributed by atoms with Crippen LogP contribution in [0.2, 0.25) is 0 Å². The fraction of sp³-hybridized carbons (Fsp3) is 0.364. The zero-order valence-corrected chi connectivity index (χ0v) is 25.0. The van der Waals surface area contributed by atoms with Gasteiger partial charge in [0.15, 0.2) is 5.82 Å². The van der Waals surface area contributed by atoms with Crippen molar-refractivity contribution in [1.82, 2.24) is 24.9 Å². The number of aromatic nitrogens is 5. The summed E-state index contributed by atoms with van der Waals surface area (Å²) in [6.45, 7) is 12.3. The largest absolute Gasteiger partial charge is 0.481 e. The van der Waals surface area contributed by atoms with Crippen molar-refractivity contribution in [2.24, 2.45) is 0 Å². The predicted molar refractivity (Wildman–Crippen MR) is 166 cm³/mol. The number of H-pyrrole nitrogens is 2. The number of nitrogens with one attached hydrogen (secondary N) is 2. The van der Waals surface area contributed by atoms with Crippen molar-refractivity contribution in [2.45, 2.75) is 80.1 Å². The summed E-state index contributed by atoms with van der Waals surface area (Å²) in [5, 5.41) is 18.9. The summed E-state index contributed by atoms with van der Waals surface area (Å²) in [7, 11) is 0. The molecule has 218 valence electrons. The molecular formula is C33H37N5O4. The van der Waals surface area contributed by atoms with Gasteiger partial charge < -0.3 is 20.2 Å². The normalized spacial score (nSPS) is 13.3. The monoisotopic (exact) mass is 567 g/mol. The van der Waals surface area contributed by atoms with Crippen molar-refractivity contribution in [3.05, 3.63) is 63.4 Å². The maximum absolute atomic E-state index is 11.5. The van der Waals surface area contributed by atoms with Gasteiger partial charge in [-0.2, -0.15) is 0 Å². The van der Waals surface area contributed by atoms with E-state index in [-0.39, 0.29) is 12.8 Å². The Labute approximate surface area is 244 Å². The van der Waals surface area contributed by atoms with Crippen LogP contribution in [-0.4, -0.2) is 47.1 Å². The third-order valence-electron chi connectivity index (χ3n) is 8.49. The molecule has 4 N–H and O–H groups in total. The number of rotatable bonds is 8. The highest BCUT2D eigenvalue weighted by Crippen LogP contribution is 2.37. The molecule has 0 unspecified atom stereocenters. The van der Waals surface area contributed by atoms with E-state index in [4.69, 9.17) is 15.0 Å². The minimum absolute atomic E-state index is 0.00783. The lowest BCUT2D eigenvalue weighted by Gasteiger charge is -2.03. The molecular weight excluding hydrogens is 530 g/mol. The van der Waals surface area contributed by atoms with E-state index >= 15 is 0 Å². The number of aliphatic carboxylic acids is 2. The Kier molecular flexibility index (Phi) is 7.86. The van der Waals surface area contributed by atoms with Gasteiger partial charge in [0.05, 0.1) is 17.1 Å². The number of hydrogen-bond acceptors (Lipinski definition) is 5. The first-order valence-electron chi connectivity index (χ1n) is 14.5. The molecule has 9 nitrogen and oxygen atoms in total. The van der Waals surface area contributed by atoms with E-state index in [0.29, 0.717) is 24.4 Å². The molecule has 9 heteroatoms. The Morgan fingerprint density at radius 2 is 1.33 bits per heavy atom. The molecule has 0 aliphatic carbocycles. The summed E-state index contributed by atoms with van der Waals surface area (Å²) >= 11 is 0. The maximum Gasteiger partial charge on any atom is 0.303 e. The van der Waals surface area contributed by atoms with E-state index in [9.17, 15) is 19.8 Å². The summed E-state index contributed by atoms with van der Waals surface area (Å²) in [5.41, 5.74) is 13.6. The Bertz CT molecular complexity index is 1860. The average molecular weight is 568 g/mol. The topological polar surface area (TPSA) is 145 Å². The lowest BCUT2D eigenvalue weighted by molar-refractivity contribution is -0.137. The molecule has 0 spiro atoms. The quantitative estimate of drug-likeness (QED) is 0.228. The lowest BCUT2D eigenvalue weighted by atomic mass is 9.99. The van der Waals surface area contributed by atoms with Gasteiger partial charge in [0, 0.05) is 29.4 Å². The van der Waals surface area contributed by atoms with Crippen LogP contribution in [0.25, 0.3) is 44.5 Å². The second kappa shape index (κ2) is 11.4. The van der Waals surface area contributed by atoms with Crippen LogP contribution in [0.1, 0.15) is 98.5 Å². The van der Waals surface area contributed by atoms with Crippen molar-refractivity contribution in [3.63, 3.8) is 0 Å². The Morgan fingerprint density at radius 1 is 0.667 bits per heavy atom. The van der Waals surface area contributed by atoms with Crippen LogP contribution < -0.4 is 0 Å². The molecule has 0 fully saturated rings. The number of aryl methyl sites for hydroxylation is 4.